The zero-order valence-corrected chi connectivity index (χ0v) is 29.0. The van der Waals surface area contributed by atoms with Crippen LogP contribution in [0.15, 0.2) is 96.7 Å². The first-order valence-corrected chi connectivity index (χ1v) is 17.2. The molecule has 5 nitrogen and oxygen atoms in total. The summed E-state index contributed by atoms with van der Waals surface area (Å²) in [5.74, 6) is 4.67. The van der Waals surface area contributed by atoms with Gasteiger partial charge in [0.15, 0.2) is 0 Å². The number of rotatable bonds is 7. The minimum absolute atomic E-state index is 0.313. The molecular weight excluding hydrogens is 576 g/mol. The minimum Gasteiger partial charge on any atom is -0.457 e. The van der Waals surface area contributed by atoms with Crippen LogP contribution < -0.4 is 4.74 Å². The maximum atomic E-state index is 6.62. The number of para-hydroxylation sites is 1. The zero-order valence-electron chi connectivity index (χ0n) is 29.0. The highest BCUT2D eigenvalue weighted by atomic mass is 16.5. The first kappa shape index (κ1) is 31.0. The monoisotopic (exact) mass is 622 g/mol. The molecule has 1 aliphatic carbocycles. The molecule has 1 aliphatic rings. The molecule has 0 bridgehead atoms. The first-order valence-electron chi connectivity index (χ1n) is 17.2. The normalized spacial score (nSPS) is 18.4. The average Bonchev–Trinajstić information content (AvgIpc) is 3.58. The van der Waals surface area contributed by atoms with Gasteiger partial charge < -0.3 is 4.74 Å². The number of hydrogen-bond donors (Lipinski definition) is 0. The Balaban J connectivity index is 1.31. The van der Waals surface area contributed by atoms with Crippen molar-refractivity contribution >= 4 is 21.8 Å². The maximum absolute atomic E-state index is 6.62. The molecule has 6 aromatic rings. The number of benzene rings is 3. The smallest absolute Gasteiger partial charge is 0.137 e. The molecule has 0 aliphatic heterocycles. The molecule has 5 heteroatoms. The summed E-state index contributed by atoms with van der Waals surface area (Å²) < 4.78 is 11.1. The molecule has 0 amide bonds. The Morgan fingerprint density at radius 2 is 1.55 bits per heavy atom. The maximum Gasteiger partial charge on any atom is 0.137 e. The van der Waals surface area contributed by atoms with Crippen LogP contribution in [-0.2, 0) is 0 Å². The van der Waals surface area contributed by atoms with E-state index in [1.165, 1.54) is 45.3 Å². The molecule has 47 heavy (non-hydrogen) atoms. The standard InChI is InChI=1S/C42H46N4O/c1-25(2)41-40(39-29(7)20-28(6)21-30(39)8)42(26(3)4)46(44-41)31-12-11-13-32(23-31)47-33-16-17-35-34-14-9-10-15-36(34)45(37(35)24-33)38-22-27(5)18-19-43-38/h9-20,22-26,28,30,39H,21H2,1-8H3/t28-,30-,39?/m0/s1. The van der Waals surface area contributed by atoms with Crippen molar-refractivity contribution in [2.24, 2.45) is 11.8 Å². The molecular formula is C42H46N4O. The fourth-order valence-electron chi connectivity index (χ4n) is 7.98. The van der Waals surface area contributed by atoms with Gasteiger partial charge in [0.25, 0.3) is 0 Å². The van der Waals surface area contributed by atoms with Crippen LogP contribution in [0.4, 0.5) is 0 Å². The van der Waals surface area contributed by atoms with Crippen molar-refractivity contribution in [3.05, 3.63) is 119 Å². The third-order valence-electron chi connectivity index (χ3n) is 9.82. The van der Waals surface area contributed by atoms with Gasteiger partial charge in [-0.05, 0) is 92.0 Å². The van der Waals surface area contributed by atoms with E-state index in [1.807, 2.05) is 18.3 Å². The molecule has 0 saturated carbocycles. The molecule has 240 valence electrons. The highest BCUT2D eigenvalue weighted by molar-refractivity contribution is 6.09. The second-order valence-corrected chi connectivity index (χ2v) is 14.3. The molecule has 0 saturated heterocycles. The Labute approximate surface area is 278 Å². The van der Waals surface area contributed by atoms with E-state index < -0.39 is 0 Å². The molecule has 7 rings (SSSR count). The van der Waals surface area contributed by atoms with E-state index in [0.717, 1.165) is 34.0 Å². The Kier molecular flexibility index (Phi) is 8.03. The number of fused-ring (bicyclic) bond motifs is 3. The number of allylic oxidation sites excluding steroid dienone is 2. The van der Waals surface area contributed by atoms with Crippen LogP contribution in [0.5, 0.6) is 11.5 Å². The van der Waals surface area contributed by atoms with Crippen LogP contribution in [0.3, 0.4) is 0 Å². The number of aromatic nitrogens is 4. The summed E-state index contributed by atoms with van der Waals surface area (Å²) in [4.78, 5) is 4.74. The number of pyridine rings is 1. The summed E-state index contributed by atoms with van der Waals surface area (Å²) in [6.45, 7) is 18.3. The van der Waals surface area contributed by atoms with E-state index >= 15 is 0 Å². The molecule has 0 N–H and O–H groups in total. The van der Waals surface area contributed by atoms with Crippen molar-refractivity contribution < 1.29 is 4.74 Å². The van der Waals surface area contributed by atoms with Crippen molar-refractivity contribution in [3.8, 4) is 23.0 Å². The predicted molar refractivity (Wildman–Crippen MR) is 195 cm³/mol. The average molecular weight is 623 g/mol. The van der Waals surface area contributed by atoms with Crippen molar-refractivity contribution in [2.45, 2.75) is 79.6 Å². The van der Waals surface area contributed by atoms with Gasteiger partial charge >= 0.3 is 0 Å². The number of nitrogens with zero attached hydrogens (tertiary/aromatic N) is 4. The van der Waals surface area contributed by atoms with Gasteiger partial charge in [0.2, 0.25) is 0 Å². The van der Waals surface area contributed by atoms with E-state index in [4.69, 9.17) is 14.8 Å². The fourth-order valence-corrected chi connectivity index (χ4v) is 7.98. The van der Waals surface area contributed by atoms with Gasteiger partial charge in [-0.25, -0.2) is 9.67 Å². The topological polar surface area (TPSA) is 44.9 Å². The van der Waals surface area contributed by atoms with Crippen LogP contribution in [0, 0.1) is 18.8 Å². The number of ether oxygens (including phenoxy) is 1. The van der Waals surface area contributed by atoms with Crippen molar-refractivity contribution in [1.82, 2.24) is 19.3 Å². The molecule has 0 radical (unpaired) electrons. The lowest BCUT2D eigenvalue weighted by atomic mass is 9.71. The summed E-state index contributed by atoms with van der Waals surface area (Å²) >= 11 is 0. The van der Waals surface area contributed by atoms with Crippen LogP contribution in [0.2, 0.25) is 0 Å². The van der Waals surface area contributed by atoms with E-state index in [2.05, 4.69) is 137 Å². The Morgan fingerprint density at radius 3 is 2.30 bits per heavy atom. The molecule has 3 aromatic carbocycles. The highest BCUT2D eigenvalue weighted by Gasteiger charge is 2.35. The van der Waals surface area contributed by atoms with E-state index in [9.17, 15) is 0 Å². The predicted octanol–water partition coefficient (Wildman–Crippen LogP) is 11.4. The van der Waals surface area contributed by atoms with Crippen molar-refractivity contribution in [3.63, 3.8) is 0 Å². The third-order valence-corrected chi connectivity index (χ3v) is 9.82. The van der Waals surface area contributed by atoms with Gasteiger partial charge in [0.1, 0.15) is 17.3 Å². The van der Waals surface area contributed by atoms with Crippen LogP contribution in [0.25, 0.3) is 33.3 Å². The number of aryl methyl sites for hydroxylation is 1. The van der Waals surface area contributed by atoms with Gasteiger partial charge in [0.05, 0.1) is 28.1 Å². The van der Waals surface area contributed by atoms with Gasteiger partial charge in [0, 0.05) is 40.6 Å². The molecule has 0 fully saturated rings. The quantitative estimate of drug-likeness (QED) is 0.166. The Hall–Kier alpha value is -4.64. The van der Waals surface area contributed by atoms with Gasteiger partial charge in [-0.3, -0.25) is 4.57 Å². The highest BCUT2D eigenvalue weighted by Crippen LogP contribution is 2.46. The lowest BCUT2D eigenvalue weighted by Crippen LogP contribution is -2.21. The van der Waals surface area contributed by atoms with Gasteiger partial charge in [-0.2, -0.15) is 5.10 Å². The summed E-state index contributed by atoms with van der Waals surface area (Å²) in [7, 11) is 0. The van der Waals surface area contributed by atoms with Gasteiger partial charge in [-0.15, -0.1) is 0 Å². The molecule has 3 aromatic heterocycles. The summed E-state index contributed by atoms with van der Waals surface area (Å²) in [5.41, 5.74) is 9.82. The zero-order chi connectivity index (χ0) is 33.0. The number of hydrogen-bond acceptors (Lipinski definition) is 3. The Morgan fingerprint density at radius 1 is 0.787 bits per heavy atom. The van der Waals surface area contributed by atoms with Crippen molar-refractivity contribution in [1.29, 1.82) is 0 Å². The van der Waals surface area contributed by atoms with E-state index in [-0.39, 0.29) is 0 Å². The SMILES string of the molecule is CC1=C[C@H](C)C[C@H](C)C1c1c(C(C)C)nn(-c2cccc(Oc3ccc4c5ccccc5n(-c5cc(C)ccn5)c4c3)c2)c1C(C)C. The molecule has 1 unspecified atom stereocenters. The molecule has 3 heterocycles. The van der Waals surface area contributed by atoms with Crippen LogP contribution >= 0.6 is 0 Å². The first-order chi connectivity index (χ1) is 22.6. The lowest BCUT2D eigenvalue weighted by molar-refractivity contribution is 0.388. The fraction of sp³-hybridized carbons (Fsp3) is 0.333. The second kappa shape index (κ2) is 12.2. The lowest BCUT2D eigenvalue weighted by Gasteiger charge is -2.33. The third kappa shape index (κ3) is 5.56. The Bertz CT molecular complexity index is 2130. The summed E-state index contributed by atoms with van der Waals surface area (Å²) in [6, 6.07) is 27.4. The molecule has 3 atom stereocenters. The van der Waals surface area contributed by atoms with Crippen molar-refractivity contribution in [2.75, 3.05) is 0 Å². The van der Waals surface area contributed by atoms with E-state index in [1.54, 1.807) is 0 Å². The van der Waals surface area contributed by atoms with E-state index in [0.29, 0.717) is 29.6 Å². The largest absolute Gasteiger partial charge is 0.457 e. The van der Waals surface area contributed by atoms with Gasteiger partial charge in [-0.1, -0.05) is 77.5 Å². The van der Waals surface area contributed by atoms with Crippen LogP contribution in [0.1, 0.15) is 95.2 Å². The molecule has 0 spiro atoms. The summed E-state index contributed by atoms with van der Waals surface area (Å²) in [6.07, 6.45) is 5.56. The summed E-state index contributed by atoms with van der Waals surface area (Å²) in [5, 5.41) is 7.72. The second-order valence-electron chi connectivity index (χ2n) is 14.3. The van der Waals surface area contributed by atoms with Crippen LogP contribution in [-0.4, -0.2) is 19.3 Å². The minimum atomic E-state index is 0.313.